The zero-order valence-electron chi connectivity index (χ0n) is 8.38. The monoisotopic (exact) mass is 218 g/mol. The molecule has 2 aromatic rings. The summed E-state index contributed by atoms with van der Waals surface area (Å²) in [6.07, 6.45) is 3.48. The molecule has 0 saturated carbocycles. The lowest BCUT2D eigenvalue weighted by Crippen LogP contribution is -2.28. The molecule has 2 N–H and O–H groups in total. The topological polar surface area (TPSA) is 70.8 Å². The van der Waals surface area contributed by atoms with Crippen molar-refractivity contribution in [2.45, 2.75) is 0 Å². The van der Waals surface area contributed by atoms with Crippen LogP contribution in [-0.2, 0) is 4.79 Å². The minimum Gasteiger partial charge on any atom is -0.480 e. The number of carboxylic acid groups (broad SMARTS) is 1. The van der Waals surface area contributed by atoms with Crippen LogP contribution in [0, 0.1) is 0 Å². The van der Waals surface area contributed by atoms with Gasteiger partial charge in [0.15, 0.2) is 0 Å². The van der Waals surface area contributed by atoms with Crippen LogP contribution in [0.25, 0.3) is 5.52 Å². The van der Waals surface area contributed by atoms with E-state index in [1.165, 1.54) is 0 Å². The number of pyridine rings is 1. The highest BCUT2D eigenvalue weighted by Gasteiger charge is 2.09. The second-order valence-electron chi connectivity index (χ2n) is 3.34. The number of carboxylic acids is 1. The van der Waals surface area contributed by atoms with Crippen LogP contribution >= 0.6 is 0 Å². The molecule has 0 bridgehead atoms. The number of rotatable bonds is 3. The Kier molecular flexibility index (Phi) is 2.59. The van der Waals surface area contributed by atoms with Crippen molar-refractivity contribution >= 4 is 17.4 Å². The van der Waals surface area contributed by atoms with E-state index in [0.717, 1.165) is 5.52 Å². The molecule has 2 aromatic heterocycles. The van der Waals surface area contributed by atoms with E-state index < -0.39 is 5.97 Å². The van der Waals surface area contributed by atoms with E-state index in [4.69, 9.17) is 5.11 Å². The molecule has 0 spiro atoms. The second kappa shape index (κ2) is 4.06. The summed E-state index contributed by atoms with van der Waals surface area (Å²) in [5.41, 5.74) is 1.34. The van der Waals surface area contributed by atoms with Crippen LogP contribution in [0.4, 0.5) is 0 Å². The lowest BCUT2D eigenvalue weighted by Gasteiger charge is -1.97. The molecular weight excluding hydrogens is 208 g/mol. The number of aliphatic carboxylic acids is 1. The van der Waals surface area contributed by atoms with Gasteiger partial charge in [-0.3, -0.25) is 9.59 Å². The van der Waals surface area contributed by atoms with Crippen LogP contribution in [0.1, 0.15) is 10.4 Å². The van der Waals surface area contributed by atoms with Gasteiger partial charge in [0, 0.05) is 17.9 Å². The van der Waals surface area contributed by atoms with Gasteiger partial charge >= 0.3 is 5.97 Å². The third-order valence-corrected chi connectivity index (χ3v) is 2.17. The van der Waals surface area contributed by atoms with Crippen molar-refractivity contribution in [2.24, 2.45) is 0 Å². The van der Waals surface area contributed by atoms with Crippen LogP contribution in [-0.4, -0.2) is 27.9 Å². The highest BCUT2D eigenvalue weighted by Crippen LogP contribution is 2.09. The number of nitrogens with one attached hydrogen (secondary N) is 1. The van der Waals surface area contributed by atoms with Crippen LogP contribution in [0.15, 0.2) is 36.7 Å². The predicted octanol–water partition coefficient (Wildman–Crippen LogP) is 0.754. The Morgan fingerprint density at radius 3 is 2.88 bits per heavy atom. The number of aromatic nitrogens is 1. The third kappa shape index (κ3) is 2.03. The molecule has 5 nitrogen and oxygen atoms in total. The maximum atomic E-state index is 11.5. The summed E-state index contributed by atoms with van der Waals surface area (Å²) in [4.78, 5) is 21.8. The molecule has 0 aromatic carbocycles. The first-order chi connectivity index (χ1) is 7.66. The average Bonchev–Trinajstić information content (AvgIpc) is 2.69. The van der Waals surface area contributed by atoms with E-state index >= 15 is 0 Å². The number of carbonyl (C=O) groups excluding carboxylic acids is 1. The lowest BCUT2D eigenvalue weighted by atomic mass is 10.3. The van der Waals surface area contributed by atoms with Crippen molar-refractivity contribution in [3.63, 3.8) is 0 Å². The smallest absolute Gasteiger partial charge is 0.322 e. The predicted molar refractivity (Wildman–Crippen MR) is 57.4 cm³/mol. The zero-order chi connectivity index (χ0) is 11.5. The average molecular weight is 218 g/mol. The van der Waals surface area contributed by atoms with Gasteiger partial charge in [-0.25, -0.2) is 0 Å². The molecule has 0 aliphatic heterocycles. The van der Waals surface area contributed by atoms with Crippen LogP contribution in [0.5, 0.6) is 0 Å². The summed E-state index contributed by atoms with van der Waals surface area (Å²) in [6.45, 7) is -0.370. The Morgan fingerprint density at radius 1 is 1.38 bits per heavy atom. The summed E-state index contributed by atoms with van der Waals surface area (Å²) < 4.78 is 1.80. The van der Waals surface area contributed by atoms with Crippen LogP contribution in [0.3, 0.4) is 0 Å². The second-order valence-corrected chi connectivity index (χ2v) is 3.34. The Labute approximate surface area is 91.3 Å². The van der Waals surface area contributed by atoms with Gasteiger partial charge in [0.2, 0.25) is 0 Å². The van der Waals surface area contributed by atoms with Crippen molar-refractivity contribution in [2.75, 3.05) is 6.54 Å². The van der Waals surface area contributed by atoms with Gasteiger partial charge in [0.05, 0.1) is 5.56 Å². The molecule has 0 aliphatic rings. The number of fused-ring (bicyclic) bond motifs is 1. The molecule has 0 unspecified atom stereocenters. The largest absolute Gasteiger partial charge is 0.480 e. The Hall–Kier alpha value is -2.30. The number of hydrogen-bond donors (Lipinski definition) is 2. The number of carbonyl (C=O) groups is 2. The highest BCUT2D eigenvalue weighted by atomic mass is 16.4. The fourth-order valence-corrected chi connectivity index (χ4v) is 1.44. The fraction of sp³-hybridized carbons (Fsp3) is 0.0909. The van der Waals surface area contributed by atoms with E-state index in [9.17, 15) is 9.59 Å². The van der Waals surface area contributed by atoms with Gasteiger partial charge in [-0.05, 0) is 18.2 Å². The normalized spacial score (nSPS) is 10.2. The molecule has 0 saturated heterocycles. The Morgan fingerprint density at radius 2 is 2.19 bits per heavy atom. The summed E-state index contributed by atoms with van der Waals surface area (Å²) in [7, 11) is 0. The molecule has 82 valence electrons. The van der Waals surface area contributed by atoms with Gasteiger partial charge in [0.1, 0.15) is 6.54 Å². The van der Waals surface area contributed by atoms with Crippen molar-refractivity contribution in [1.82, 2.24) is 9.72 Å². The molecule has 16 heavy (non-hydrogen) atoms. The van der Waals surface area contributed by atoms with Crippen molar-refractivity contribution in [1.29, 1.82) is 0 Å². The highest BCUT2D eigenvalue weighted by molar-refractivity contribution is 5.97. The van der Waals surface area contributed by atoms with Gasteiger partial charge in [0.25, 0.3) is 5.91 Å². The molecule has 5 heteroatoms. The standard InChI is InChI=1S/C11H10N2O3/c14-10(15)6-12-11(16)8-5-9-3-1-2-4-13(9)7-8/h1-5,7H,6H2,(H,12,16)(H,14,15). The molecule has 0 radical (unpaired) electrons. The molecular formula is C11H10N2O3. The molecule has 2 heterocycles. The molecule has 2 rings (SSSR count). The quantitative estimate of drug-likeness (QED) is 0.798. The van der Waals surface area contributed by atoms with Crippen LogP contribution in [0.2, 0.25) is 0 Å². The minimum absolute atomic E-state index is 0.370. The number of nitrogens with zero attached hydrogens (tertiary/aromatic N) is 1. The van der Waals surface area contributed by atoms with Gasteiger partial charge < -0.3 is 14.8 Å². The minimum atomic E-state index is -1.06. The summed E-state index contributed by atoms with van der Waals surface area (Å²) in [5.74, 6) is -1.44. The molecule has 0 fully saturated rings. The van der Waals surface area contributed by atoms with Crippen LogP contribution < -0.4 is 5.32 Å². The van der Waals surface area contributed by atoms with E-state index in [-0.39, 0.29) is 12.5 Å². The number of amides is 1. The summed E-state index contributed by atoms with van der Waals surface area (Å²) in [6, 6.07) is 7.30. The van der Waals surface area contributed by atoms with E-state index in [1.54, 1.807) is 16.7 Å². The first kappa shape index (κ1) is 10.2. The Balaban J connectivity index is 2.20. The number of hydrogen-bond acceptors (Lipinski definition) is 2. The summed E-state index contributed by atoms with van der Waals surface area (Å²) >= 11 is 0. The summed E-state index contributed by atoms with van der Waals surface area (Å²) in [5, 5.41) is 10.7. The fourth-order valence-electron chi connectivity index (χ4n) is 1.44. The molecule has 0 aliphatic carbocycles. The maximum Gasteiger partial charge on any atom is 0.322 e. The van der Waals surface area contributed by atoms with Crippen molar-refractivity contribution in [3.05, 3.63) is 42.2 Å². The first-order valence-electron chi connectivity index (χ1n) is 4.73. The molecule has 0 atom stereocenters. The maximum absolute atomic E-state index is 11.5. The van der Waals surface area contributed by atoms with Gasteiger partial charge in [-0.1, -0.05) is 6.07 Å². The van der Waals surface area contributed by atoms with E-state index in [0.29, 0.717) is 5.56 Å². The SMILES string of the molecule is O=C(O)CNC(=O)c1cc2ccccn2c1. The van der Waals surface area contributed by atoms with Crippen molar-refractivity contribution < 1.29 is 14.7 Å². The lowest BCUT2D eigenvalue weighted by molar-refractivity contribution is -0.135. The van der Waals surface area contributed by atoms with E-state index in [1.807, 2.05) is 24.4 Å². The zero-order valence-corrected chi connectivity index (χ0v) is 8.38. The van der Waals surface area contributed by atoms with Gasteiger partial charge in [-0.15, -0.1) is 0 Å². The third-order valence-electron chi connectivity index (χ3n) is 2.17. The van der Waals surface area contributed by atoms with Gasteiger partial charge in [-0.2, -0.15) is 0 Å². The van der Waals surface area contributed by atoms with E-state index in [2.05, 4.69) is 5.32 Å². The first-order valence-corrected chi connectivity index (χ1v) is 4.73. The van der Waals surface area contributed by atoms with Crippen molar-refractivity contribution in [3.8, 4) is 0 Å². The Bertz CT molecular complexity index is 512. The molecule has 1 amide bonds.